The van der Waals surface area contributed by atoms with Gasteiger partial charge >= 0.3 is 5.97 Å². The minimum absolute atomic E-state index is 0.210. The Morgan fingerprint density at radius 1 is 1.48 bits per heavy atom. The highest BCUT2D eigenvalue weighted by molar-refractivity contribution is 5.88. The Bertz CT molecular complexity index is 516. The van der Waals surface area contributed by atoms with Crippen LogP contribution in [0.4, 0.5) is 5.82 Å². The average molecular weight is 291 g/mol. The Labute approximate surface area is 126 Å². The highest BCUT2D eigenvalue weighted by atomic mass is 16.4. The van der Waals surface area contributed by atoms with Crippen molar-refractivity contribution in [2.75, 3.05) is 18.9 Å². The van der Waals surface area contributed by atoms with Crippen LogP contribution in [-0.4, -0.2) is 46.6 Å². The van der Waals surface area contributed by atoms with Crippen molar-refractivity contribution in [3.63, 3.8) is 0 Å². The number of nitrogens with zero attached hydrogens (tertiary/aromatic N) is 2. The molecule has 0 saturated carbocycles. The number of nitrogens with one attached hydrogen (secondary N) is 1. The molecule has 2 atom stereocenters. The van der Waals surface area contributed by atoms with Gasteiger partial charge in [0, 0.05) is 24.3 Å². The molecule has 0 aromatic carbocycles. The normalized spacial score (nSPS) is 23.3. The minimum atomic E-state index is -0.904. The Morgan fingerprint density at radius 3 is 2.76 bits per heavy atom. The summed E-state index contributed by atoms with van der Waals surface area (Å²) in [5, 5.41) is 12.7. The number of hydrogen-bond donors (Lipinski definition) is 2. The molecule has 1 aromatic heterocycles. The predicted octanol–water partition coefficient (Wildman–Crippen LogP) is 2.80. The first kappa shape index (κ1) is 15.8. The van der Waals surface area contributed by atoms with E-state index in [1.165, 1.54) is 0 Å². The third-order valence-electron chi connectivity index (χ3n) is 4.24. The van der Waals surface area contributed by atoms with Crippen molar-refractivity contribution in [2.45, 2.75) is 51.6 Å². The van der Waals surface area contributed by atoms with Gasteiger partial charge in [-0.2, -0.15) is 0 Å². The fourth-order valence-electron chi connectivity index (χ4n) is 2.67. The van der Waals surface area contributed by atoms with Crippen LogP contribution in [0.5, 0.6) is 0 Å². The van der Waals surface area contributed by atoms with E-state index >= 15 is 0 Å². The second-order valence-electron chi connectivity index (χ2n) is 6.32. The number of rotatable bonds is 4. The Hall–Kier alpha value is -1.62. The number of hydrogen-bond acceptors (Lipinski definition) is 4. The van der Waals surface area contributed by atoms with Gasteiger partial charge in [0.15, 0.2) is 0 Å². The molecule has 2 heterocycles. The number of carboxylic acid groups (broad SMARTS) is 1. The molecule has 2 N–H and O–H groups in total. The maximum absolute atomic E-state index is 11.3. The second kappa shape index (κ2) is 6.43. The van der Waals surface area contributed by atoms with Gasteiger partial charge in [-0.05, 0) is 44.9 Å². The molecule has 116 valence electrons. The van der Waals surface area contributed by atoms with E-state index in [0.717, 1.165) is 25.1 Å². The number of likely N-dealkylation sites (tertiary alicyclic amines) is 1. The lowest BCUT2D eigenvalue weighted by Crippen LogP contribution is -2.42. The highest BCUT2D eigenvalue weighted by Gasteiger charge is 2.23. The maximum atomic E-state index is 11.3. The molecule has 0 bridgehead atoms. The summed E-state index contributed by atoms with van der Waals surface area (Å²) in [4.78, 5) is 18.2. The summed E-state index contributed by atoms with van der Waals surface area (Å²) in [6.45, 7) is 7.31. The standard InChI is InChI=1S/C16H25N3O2/c1-10(2)14-8-12(16(20)21)9-15(18-14)17-13-5-6-19(4)11(3)7-13/h8-11,13H,5-7H2,1-4H3,(H,17,18)(H,20,21). The quantitative estimate of drug-likeness (QED) is 0.893. The van der Waals surface area contributed by atoms with Crippen LogP contribution in [0.25, 0.3) is 0 Å². The molecule has 1 fully saturated rings. The topological polar surface area (TPSA) is 65.5 Å². The van der Waals surface area contributed by atoms with Crippen molar-refractivity contribution in [1.82, 2.24) is 9.88 Å². The van der Waals surface area contributed by atoms with E-state index in [2.05, 4.69) is 29.2 Å². The molecule has 2 rings (SSSR count). The van der Waals surface area contributed by atoms with Gasteiger partial charge in [-0.3, -0.25) is 0 Å². The number of pyridine rings is 1. The third kappa shape index (κ3) is 3.94. The summed E-state index contributed by atoms with van der Waals surface area (Å²) in [6, 6.07) is 4.18. The molecule has 0 amide bonds. The number of aromatic nitrogens is 1. The molecule has 5 nitrogen and oxygen atoms in total. The maximum Gasteiger partial charge on any atom is 0.335 e. The number of piperidine rings is 1. The van der Waals surface area contributed by atoms with E-state index in [4.69, 9.17) is 0 Å². The van der Waals surface area contributed by atoms with Crippen LogP contribution in [0.15, 0.2) is 12.1 Å². The lowest BCUT2D eigenvalue weighted by molar-refractivity contribution is 0.0696. The number of aromatic carboxylic acids is 1. The van der Waals surface area contributed by atoms with Crippen molar-refractivity contribution in [2.24, 2.45) is 0 Å². The molecular weight excluding hydrogens is 266 g/mol. The van der Waals surface area contributed by atoms with Crippen LogP contribution in [0, 0.1) is 0 Å². The Morgan fingerprint density at radius 2 is 2.19 bits per heavy atom. The second-order valence-corrected chi connectivity index (χ2v) is 6.32. The zero-order chi connectivity index (χ0) is 15.6. The number of carbonyl (C=O) groups is 1. The van der Waals surface area contributed by atoms with Gasteiger partial charge < -0.3 is 15.3 Å². The van der Waals surface area contributed by atoms with Gasteiger partial charge in [0.25, 0.3) is 0 Å². The first-order chi connectivity index (χ1) is 9.86. The molecule has 1 saturated heterocycles. The summed E-state index contributed by atoms with van der Waals surface area (Å²) in [5.74, 6) is -0.0132. The van der Waals surface area contributed by atoms with E-state index in [1.807, 2.05) is 13.8 Å². The monoisotopic (exact) mass is 291 g/mol. The molecule has 1 aliphatic rings. The summed E-state index contributed by atoms with van der Waals surface area (Å²) in [7, 11) is 2.14. The van der Waals surface area contributed by atoms with Crippen LogP contribution in [0.2, 0.25) is 0 Å². The summed E-state index contributed by atoms with van der Waals surface area (Å²) >= 11 is 0. The van der Waals surface area contributed by atoms with Crippen molar-refractivity contribution >= 4 is 11.8 Å². The average Bonchev–Trinajstić information content (AvgIpc) is 2.42. The van der Waals surface area contributed by atoms with E-state index in [9.17, 15) is 9.90 Å². The van der Waals surface area contributed by atoms with Gasteiger partial charge in [-0.25, -0.2) is 9.78 Å². The highest BCUT2D eigenvalue weighted by Crippen LogP contribution is 2.22. The van der Waals surface area contributed by atoms with Crippen molar-refractivity contribution in [3.05, 3.63) is 23.4 Å². The predicted molar refractivity (Wildman–Crippen MR) is 84.0 cm³/mol. The van der Waals surface area contributed by atoms with E-state index in [1.54, 1.807) is 12.1 Å². The molecule has 0 spiro atoms. The van der Waals surface area contributed by atoms with Crippen LogP contribution < -0.4 is 5.32 Å². The van der Waals surface area contributed by atoms with Crippen LogP contribution in [-0.2, 0) is 0 Å². The Kier molecular flexibility index (Phi) is 4.83. The molecule has 1 aromatic rings. The molecule has 0 aliphatic carbocycles. The molecule has 0 radical (unpaired) electrons. The van der Waals surface area contributed by atoms with Crippen LogP contribution in [0.1, 0.15) is 55.6 Å². The SMILES string of the molecule is CC(C)c1cc(C(=O)O)cc(NC2CCN(C)C(C)C2)n1. The minimum Gasteiger partial charge on any atom is -0.478 e. The van der Waals surface area contributed by atoms with Gasteiger partial charge in [0.05, 0.1) is 5.56 Å². The first-order valence-electron chi connectivity index (χ1n) is 7.59. The first-order valence-corrected chi connectivity index (χ1v) is 7.59. The largest absolute Gasteiger partial charge is 0.478 e. The lowest BCUT2D eigenvalue weighted by Gasteiger charge is -2.35. The summed E-state index contributed by atoms with van der Waals surface area (Å²) < 4.78 is 0. The summed E-state index contributed by atoms with van der Waals surface area (Å²) in [6.07, 6.45) is 2.10. The van der Waals surface area contributed by atoms with Gasteiger partial charge in [-0.15, -0.1) is 0 Å². The molecule has 21 heavy (non-hydrogen) atoms. The van der Waals surface area contributed by atoms with Crippen LogP contribution >= 0.6 is 0 Å². The van der Waals surface area contributed by atoms with E-state index in [0.29, 0.717) is 23.5 Å². The number of carboxylic acids is 1. The fourth-order valence-corrected chi connectivity index (χ4v) is 2.67. The lowest BCUT2D eigenvalue weighted by atomic mass is 9.99. The molecule has 5 heteroatoms. The zero-order valence-electron chi connectivity index (χ0n) is 13.3. The molecular formula is C16H25N3O2. The molecule has 2 unspecified atom stereocenters. The van der Waals surface area contributed by atoms with Gasteiger partial charge in [-0.1, -0.05) is 13.8 Å². The van der Waals surface area contributed by atoms with Crippen LogP contribution in [0.3, 0.4) is 0 Å². The third-order valence-corrected chi connectivity index (χ3v) is 4.24. The number of anilines is 1. The zero-order valence-corrected chi connectivity index (χ0v) is 13.3. The van der Waals surface area contributed by atoms with Gasteiger partial charge in [0.1, 0.15) is 5.82 Å². The smallest absolute Gasteiger partial charge is 0.335 e. The summed E-state index contributed by atoms with van der Waals surface area (Å²) in [5.41, 5.74) is 1.12. The van der Waals surface area contributed by atoms with Gasteiger partial charge in [0.2, 0.25) is 0 Å². The Balaban J connectivity index is 2.17. The van der Waals surface area contributed by atoms with E-state index in [-0.39, 0.29) is 5.92 Å². The van der Waals surface area contributed by atoms with Crippen molar-refractivity contribution in [3.8, 4) is 0 Å². The van der Waals surface area contributed by atoms with E-state index < -0.39 is 5.97 Å². The fraction of sp³-hybridized carbons (Fsp3) is 0.625. The van der Waals surface area contributed by atoms with Crippen molar-refractivity contribution in [1.29, 1.82) is 0 Å². The molecule has 1 aliphatic heterocycles. The van der Waals surface area contributed by atoms with Crippen molar-refractivity contribution < 1.29 is 9.90 Å².